The summed E-state index contributed by atoms with van der Waals surface area (Å²) in [6.07, 6.45) is 3.16. The van der Waals surface area contributed by atoms with Gasteiger partial charge in [0.1, 0.15) is 0 Å². The van der Waals surface area contributed by atoms with Gasteiger partial charge in [-0.2, -0.15) is 0 Å². The number of aryl methyl sites for hydroxylation is 1. The number of rotatable bonds is 3. The lowest BCUT2D eigenvalue weighted by Gasteiger charge is -2.38. The van der Waals surface area contributed by atoms with Crippen LogP contribution >= 0.6 is 15.9 Å². The van der Waals surface area contributed by atoms with Crippen LogP contribution in [0, 0.1) is 12.3 Å². The summed E-state index contributed by atoms with van der Waals surface area (Å²) in [5, 5.41) is 12.4. The van der Waals surface area contributed by atoms with Crippen LogP contribution in [0.3, 0.4) is 0 Å². The Morgan fingerprint density at radius 3 is 2.67 bits per heavy atom. The molecule has 1 fully saturated rings. The van der Waals surface area contributed by atoms with E-state index in [0.29, 0.717) is 18.4 Å². The Hall–Kier alpha value is -1.36. The van der Waals surface area contributed by atoms with Crippen LogP contribution < -0.4 is 5.32 Å². The van der Waals surface area contributed by atoms with Crippen LogP contribution in [0.5, 0.6) is 0 Å². The summed E-state index contributed by atoms with van der Waals surface area (Å²) in [5.41, 5.74) is 0.661. The first kappa shape index (κ1) is 16.0. The van der Waals surface area contributed by atoms with E-state index in [-0.39, 0.29) is 11.9 Å². The van der Waals surface area contributed by atoms with Crippen LogP contribution in [0.1, 0.15) is 48.5 Å². The Morgan fingerprint density at radius 1 is 1.33 bits per heavy atom. The number of carboxylic acids is 1. The lowest BCUT2D eigenvalue weighted by atomic mass is 9.71. The van der Waals surface area contributed by atoms with Crippen molar-refractivity contribution in [2.24, 2.45) is 5.41 Å². The van der Waals surface area contributed by atoms with Gasteiger partial charge in [0.2, 0.25) is 0 Å². The number of hydrogen-bond donors (Lipinski definition) is 2. The maximum Gasteiger partial charge on any atom is 0.311 e. The molecule has 0 heterocycles. The van der Waals surface area contributed by atoms with Gasteiger partial charge >= 0.3 is 5.97 Å². The molecule has 0 aromatic heterocycles. The monoisotopic (exact) mass is 353 g/mol. The van der Waals surface area contributed by atoms with Crippen LogP contribution in [0.2, 0.25) is 0 Å². The molecule has 2 N–H and O–H groups in total. The Morgan fingerprint density at radius 2 is 2.05 bits per heavy atom. The average molecular weight is 354 g/mol. The van der Waals surface area contributed by atoms with Gasteiger partial charge in [0.15, 0.2) is 0 Å². The number of halogens is 1. The normalized spacial score (nSPS) is 25.4. The molecule has 4 nitrogen and oxygen atoms in total. The van der Waals surface area contributed by atoms with Crippen molar-refractivity contribution in [3.8, 4) is 0 Å². The smallest absolute Gasteiger partial charge is 0.311 e. The maximum absolute atomic E-state index is 12.4. The van der Waals surface area contributed by atoms with Crippen LogP contribution in [-0.4, -0.2) is 23.0 Å². The van der Waals surface area contributed by atoms with Gasteiger partial charge in [-0.25, -0.2) is 0 Å². The number of nitrogens with one attached hydrogen (secondary N) is 1. The molecule has 0 radical (unpaired) electrons. The molecule has 2 rings (SSSR count). The highest BCUT2D eigenvalue weighted by atomic mass is 79.9. The van der Waals surface area contributed by atoms with Crippen LogP contribution in [0.25, 0.3) is 0 Å². The van der Waals surface area contributed by atoms with Gasteiger partial charge in [0.05, 0.1) is 5.41 Å². The summed E-state index contributed by atoms with van der Waals surface area (Å²) >= 11 is 3.38. The molecule has 0 saturated heterocycles. The van der Waals surface area contributed by atoms with E-state index < -0.39 is 11.4 Å². The first-order chi connectivity index (χ1) is 9.83. The first-order valence-corrected chi connectivity index (χ1v) is 7.94. The van der Waals surface area contributed by atoms with Gasteiger partial charge < -0.3 is 10.4 Å². The molecule has 114 valence electrons. The minimum atomic E-state index is -0.880. The summed E-state index contributed by atoms with van der Waals surface area (Å²) in [4.78, 5) is 24.0. The Balaban J connectivity index is 2.19. The highest BCUT2D eigenvalue weighted by Crippen LogP contribution is 2.36. The van der Waals surface area contributed by atoms with Gasteiger partial charge in [-0.05, 0) is 50.5 Å². The van der Waals surface area contributed by atoms with Crippen molar-refractivity contribution in [1.29, 1.82) is 0 Å². The molecule has 2 atom stereocenters. The zero-order valence-electron chi connectivity index (χ0n) is 12.3. The third-order valence-electron chi connectivity index (χ3n) is 4.31. The summed E-state index contributed by atoms with van der Waals surface area (Å²) in [7, 11) is 0. The molecule has 0 spiro atoms. The maximum atomic E-state index is 12.4. The summed E-state index contributed by atoms with van der Waals surface area (Å²) < 4.78 is 0.845. The third-order valence-corrected chi connectivity index (χ3v) is 4.76. The zero-order valence-corrected chi connectivity index (χ0v) is 13.9. The molecule has 1 aromatic rings. The molecule has 1 saturated carbocycles. The van der Waals surface area contributed by atoms with E-state index in [9.17, 15) is 14.7 Å². The van der Waals surface area contributed by atoms with Crippen molar-refractivity contribution in [2.75, 3.05) is 0 Å². The Bertz CT molecular complexity index is 552. The summed E-state index contributed by atoms with van der Waals surface area (Å²) in [6.45, 7) is 3.65. The predicted octanol–water partition coefficient (Wildman–Crippen LogP) is 3.52. The molecule has 2 unspecified atom stereocenters. The van der Waals surface area contributed by atoms with E-state index >= 15 is 0 Å². The predicted molar refractivity (Wildman–Crippen MR) is 84.3 cm³/mol. The molecule has 1 aliphatic rings. The number of carboxylic acid groups (broad SMARTS) is 1. The third kappa shape index (κ3) is 3.46. The fourth-order valence-corrected chi connectivity index (χ4v) is 3.54. The molecular weight excluding hydrogens is 334 g/mol. The van der Waals surface area contributed by atoms with Crippen molar-refractivity contribution in [2.45, 2.75) is 45.6 Å². The Kier molecular flexibility index (Phi) is 4.71. The van der Waals surface area contributed by atoms with Gasteiger partial charge in [-0.1, -0.05) is 28.8 Å². The number of aliphatic carboxylic acids is 1. The van der Waals surface area contributed by atoms with Crippen molar-refractivity contribution in [3.05, 3.63) is 33.8 Å². The standard InChI is InChI=1S/C16H20BrNO3/c1-10-7-11(9-12(17)8-10)14(19)18-13-5-3-4-6-16(13,2)15(20)21/h7-9,13H,3-6H2,1-2H3,(H,18,19)(H,20,21). The quantitative estimate of drug-likeness (QED) is 0.873. The van der Waals surface area contributed by atoms with E-state index in [1.165, 1.54) is 0 Å². The van der Waals surface area contributed by atoms with Gasteiger partial charge in [0.25, 0.3) is 5.91 Å². The number of carbonyl (C=O) groups is 2. The second-order valence-corrected chi connectivity index (χ2v) is 6.93. The fourth-order valence-electron chi connectivity index (χ4n) is 2.93. The number of carbonyl (C=O) groups excluding carboxylic acids is 1. The van der Waals surface area contributed by atoms with Crippen molar-refractivity contribution >= 4 is 27.8 Å². The zero-order chi connectivity index (χ0) is 15.6. The Labute approximate surface area is 133 Å². The second kappa shape index (κ2) is 6.18. The van der Waals surface area contributed by atoms with Gasteiger partial charge in [-0.15, -0.1) is 0 Å². The van der Waals surface area contributed by atoms with Crippen LogP contribution in [0.4, 0.5) is 0 Å². The van der Waals surface area contributed by atoms with Crippen molar-refractivity contribution in [1.82, 2.24) is 5.32 Å². The van der Waals surface area contributed by atoms with E-state index in [0.717, 1.165) is 22.9 Å². The van der Waals surface area contributed by atoms with Crippen molar-refractivity contribution < 1.29 is 14.7 Å². The van der Waals surface area contributed by atoms with Gasteiger partial charge in [-0.3, -0.25) is 9.59 Å². The topological polar surface area (TPSA) is 66.4 Å². The van der Waals surface area contributed by atoms with Gasteiger partial charge in [0, 0.05) is 16.1 Å². The van der Waals surface area contributed by atoms with E-state index in [1.54, 1.807) is 19.1 Å². The van der Waals surface area contributed by atoms with E-state index in [4.69, 9.17) is 0 Å². The molecule has 21 heavy (non-hydrogen) atoms. The highest BCUT2D eigenvalue weighted by Gasteiger charge is 2.43. The van der Waals surface area contributed by atoms with E-state index in [1.807, 2.05) is 13.0 Å². The lowest BCUT2D eigenvalue weighted by molar-refractivity contribution is -0.151. The molecule has 0 bridgehead atoms. The van der Waals surface area contributed by atoms with Crippen molar-refractivity contribution in [3.63, 3.8) is 0 Å². The van der Waals surface area contributed by atoms with Crippen LogP contribution in [0.15, 0.2) is 22.7 Å². The SMILES string of the molecule is Cc1cc(Br)cc(C(=O)NC2CCCCC2(C)C(=O)O)c1. The number of hydrogen-bond acceptors (Lipinski definition) is 2. The minimum Gasteiger partial charge on any atom is -0.481 e. The molecule has 1 aliphatic carbocycles. The minimum absolute atomic E-state index is 0.209. The molecule has 0 aliphatic heterocycles. The molecule has 1 aromatic carbocycles. The molecule has 1 amide bonds. The summed E-state index contributed by atoms with van der Waals surface area (Å²) in [5.74, 6) is -1.04. The lowest BCUT2D eigenvalue weighted by Crippen LogP contribution is -2.52. The average Bonchev–Trinajstić information content (AvgIpc) is 2.40. The molecule has 5 heteroatoms. The largest absolute Gasteiger partial charge is 0.481 e. The number of benzene rings is 1. The van der Waals surface area contributed by atoms with Crippen LogP contribution in [-0.2, 0) is 4.79 Å². The van der Waals surface area contributed by atoms with E-state index in [2.05, 4.69) is 21.2 Å². The first-order valence-electron chi connectivity index (χ1n) is 7.14. The number of amides is 1. The second-order valence-electron chi connectivity index (χ2n) is 6.01. The highest BCUT2D eigenvalue weighted by molar-refractivity contribution is 9.10. The summed E-state index contributed by atoms with van der Waals surface area (Å²) in [6, 6.07) is 5.17. The fraction of sp³-hybridized carbons (Fsp3) is 0.500. The molecular formula is C16H20BrNO3.